The first-order valence-corrected chi connectivity index (χ1v) is 5.79. The first-order chi connectivity index (χ1) is 7.59. The number of nitrogens with two attached hydrogens (primary N) is 1. The number of benzene rings is 1. The van der Waals surface area contributed by atoms with Crippen LogP contribution in [0.1, 0.15) is 42.7 Å². The molecule has 0 radical (unpaired) electrons. The van der Waals surface area contributed by atoms with Crippen molar-refractivity contribution in [1.29, 1.82) is 0 Å². The average Bonchev–Trinajstić information content (AvgIpc) is 2.28. The van der Waals surface area contributed by atoms with Gasteiger partial charge in [-0.3, -0.25) is 0 Å². The highest BCUT2D eigenvalue weighted by molar-refractivity contribution is 5.28. The fourth-order valence-electron chi connectivity index (χ4n) is 2.41. The number of hydrogen-bond donors (Lipinski definition) is 1. The van der Waals surface area contributed by atoms with Crippen molar-refractivity contribution in [2.75, 3.05) is 0 Å². The van der Waals surface area contributed by atoms with Gasteiger partial charge < -0.3 is 5.73 Å². The summed E-state index contributed by atoms with van der Waals surface area (Å²) in [5.74, 6) is -1.23. The Labute approximate surface area is 94.7 Å². The minimum absolute atomic E-state index is 0.134. The van der Waals surface area contributed by atoms with Crippen LogP contribution in [0.25, 0.3) is 0 Å². The van der Waals surface area contributed by atoms with Crippen molar-refractivity contribution < 1.29 is 8.78 Å². The van der Waals surface area contributed by atoms with Crippen LogP contribution in [0, 0.1) is 18.6 Å². The molecule has 1 aromatic carbocycles. The molecule has 1 nitrogen and oxygen atoms in total. The second kappa shape index (κ2) is 4.50. The van der Waals surface area contributed by atoms with Gasteiger partial charge in [0.15, 0.2) is 11.6 Å². The predicted octanol–water partition coefficient (Wildman–Crippen LogP) is 3.26. The summed E-state index contributed by atoms with van der Waals surface area (Å²) in [6.07, 6.45) is 3.53. The summed E-state index contributed by atoms with van der Waals surface area (Å²) in [7, 11) is 0. The molecule has 0 aliphatic heterocycles. The summed E-state index contributed by atoms with van der Waals surface area (Å²) in [4.78, 5) is 0. The topological polar surface area (TPSA) is 26.0 Å². The number of rotatable bonds is 1. The Bertz CT molecular complexity index is 382. The van der Waals surface area contributed by atoms with Gasteiger partial charge in [-0.15, -0.1) is 0 Å². The second-order valence-corrected chi connectivity index (χ2v) is 4.71. The molecule has 1 fully saturated rings. The molecular weight excluding hydrogens is 208 g/mol. The highest BCUT2D eigenvalue weighted by Gasteiger charge is 2.24. The van der Waals surface area contributed by atoms with E-state index in [1.165, 1.54) is 0 Å². The molecule has 2 rings (SSSR count). The van der Waals surface area contributed by atoms with E-state index in [9.17, 15) is 8.78 Å². The molecular formula is C13H17F2N. The van der Waals surface area contributed by atoms with Gasteiger partial charge in [-0.1, -0.05) is 12.1 Å². The Morgan fingerprint density at radius 1 is 1.06 bits per heavy atom. The monoisotopic (exact) mass is 225 g/mol. The van der Waals surface area contributed by atoms with Gasteiger partial charge in [0.05, 0.1) is 0 Å². The molecule has 0 heterocycles. The number of aryl methyl sites for hydroxylation is 1. The lowest BCUT2D eigenvalue weighted by atomic mass is 9.81. The summed E-state index contributed by atoms with van der Waals surface area (Å²) < 4.78 is 27.2. The van der Waals surface area contributed by atoms with Gasteiger partial charge in [0.1, 0.15) is 0 Å². The minimum Gasteiger partial charge on any atom is -0.328 e. The van der Waals surface area contributed by atoms with Gasteiger partial charge in [-0.05, 0) is 49.7 Å². The fourth-order valence-corrected chi connectivity index (χ4v) is 2.41. The molecule has 1 saturated carbocycles. The molecule has 0 unspecified atom stereocenters. The lowest BCUT2D eigenvalue weighted by Crippen LogP contribution is -2.26. The standard InChI is InChI=1S/C13H17F2N/c1-8-2-7-11(13(15)12(8)14)9-3-5-10(16)6-4-9/h2,7,9-10H,3-6,16H2,1H3. The summed E-state index contributed by atoms with van der Waals surface area (Å²) in [5, 5.41) is 0. The number of halogens is 2. The quantitative estimate of drug-likeness (QED) is 0.780. The summed E-state index contributed by atoms with van der Waals surface area (Å²) in [5.41, 5.74) is 6.69. The van der Waals surface area contributed by atoms with Gasteiger partial charge in [0.25, 0.3) is 0 Å². The van der Waals surface area contributed by atoms with Crippen molar-refractivity contribution in [3.05, 3.63) is 34.9 Å². The van der Waals surface area contributed by atoms with Crippen molar-refractivity contribution in [1.82, 2.24) is 0 Å². The van der Waals surface area contributed by atoms with Crippen LogP contribution in [0.3, 0.4) is 0 Å². The van der Waals surface area contributed by atoms with Crippen molar-refractivity contribution in [2.45, 2.75) is 44.6 Å². The summed E-state index contributed by atoms with van der Waals surface area (Å²) in [6.45, 7) is 1.58. The molecule has 88 valence electrons. The molecule has 16 heavy (non-hydrogen) atoms. The number of hydrogen-bond acceptors (Lipinski definition) is 1. The molecule has 1 aromatic rings. The maximum Gasteiger partial charge on any atom is 0.162 e. The van der Waals surface area contributed by atoms with Crippen LogP contribution in [-0.4, -0.2) is 6.04 Å². The molecule has 1 aliphatic carbocycles. The molecule has 3 heteroatoms. The zero-order chi connectivity index (χ0) is 11.7. The van der Waals surface area contributed by atoms with E-state index in [-0.39, 0.29) is 12.0 Å². The Kier molecular flexibility index (Phi) is 3.24. The van der Waals surface area contributed by atoms with Gasteiger partial charge >= 0.3 is 0 Å². The Morgan fingerprint density at radius 3 is 2.31 bits per heavy atom. The van der Waals surface area contributed by atoms with Crippen molar-refractivity contribution in [2.24, 2.45) is 5.73 Å². The predicted molar refractivity (Wildman–Crippen MR) is 60.3 cm³/mol. The van der Waals surface area contributed by atoms with Crippen LogP contribution in [0.5, 0.6) is 0 Å². The van der Waals surface area contributed by atoms with Crippen LogP contribution in [0.2, 0.25) is 0 Å². The molecule has 0 atom stereocenters. The smallest absolute Gasteiger partial charge is 0.162 e. The molecule has 1 aliphatic rings. The fraction of sp³-hybridized carbons (Fsp3) is 0.538. The third-order valence-electron chi connectivity index (χ3n) is 3.52. The van der Waals surface area contributed by atoms with Crippen LogP contribution < -0.4 is 5.73 Å². The van der Waals surface area contributed by atoms with E-state index in [0.717, 1.165) is 25.7 Å². The molecule has 0 spiro atoms. The van der Waals surface area contributed by atoms with Crippen LogP contribution >= 0.6 is 0 Å². The third-order valence-corrected chi connectivity index (χ3v) is 3.52. The van der Waals surface area contributed by atoms with Crippen LogP contribution in [0.15, 0.2) is 12.1 Å². The van der Waals surface area contributed by atoms with E-state index in [2.05, 4.69) is 0 Å². The van der Waals surface area contributed by atoms with Crippen molar-refractivity contribution in [3.63, 3.8) is 0 Å². The normalized spacial score (nSPS) is 25.8. The maximum absolute atomic E-state index is 13.7. The average molecular weight is 225 g/mol. The lowest BCUT2D eigenvalue weighted by molar-refractivity contribution is 0.380. The van der Waals surface area contributed by atoms with Crippen molar-refractivity contribution >= 4 is 0 Å². The lowest BCUT2D eigenvalue weighted by Gasteiger charge is -2.26. The van der Waals surface area contributed by atoms with Gasteiger partial charge in [0.2, 0.25) is 0 Å². The second-order valence-electron chi connectivity index (χ2n) is 4.71. The molecule has 0 aromatic heterocycles. The van der Waals surface area contributed by atoms with E-state index < -0.39 is 11.6 Å². The minimum atomic E-state index is -0.702. The highest BCUT2D eigenvalue weighted by Crippen LogP contribution is 2.34. The molecule has 0 bridgehead atoms. The molecule has 0 saturated heterocycles. The van der Waals surface area contributed by atoms with Gasteiger partial charge in [0, 0.05) is 6.04 Å². The highest BCUT2D eigenvalue weighted by atomic mass is 19.2. The SMILES string of the molecule is Cc1ccc(C2CCC(N)CC2)c(F)c1F. The Hall–Kier alpha value is -0.960. The summed E-state index contributed by atoms with van der Waals surface area (Å²) in [6, 6.07) is 3.60. The maximum atomic E-state index is 13.7. The van der Waals surface area contributed by atoms with E-state index in [1.807, 2.05) is 0 Å². The molecule has 0 amide bonds. The van der Waals surface area contributed by atoms with E-state index >= 15 is 0 Å². The molecule has 2 N–H and O–H groups in total. The van der Waals surface area contributed by atoms with E-state index in [4.69, 9.17) is 5.73 Å². The Morgan fingerprint density at radius 2 is 1.69 bits per heavy atom. The zero-order valence-corrected chi connectivity index (χ0v) is 9.47. The van der Waals surface area contributed by atoms with Gasteiger partial charge in [-0.2, -0.15) is 0 Å². The van der Waals surface area contributed by atoms with Crippen LogP contribution in [-0.2, 0) is 0 Å². The van der Waals surface area contributed by atoms with Crippen LogP contribution in [0.4, 0.5) is 8.78 Å². The Balaban J connectivity index is 2.24. The van der Waals surface area contributed by atoms with E-state index in [0.29, 0.717) is 11.1 Å². The van der Waals surface area contributed by atoms with Gasteiger partial charge in [-0.25, -0.2) is 8.78 Å². The van der Waals surface area contributed by atoms with E-state index in [1.54, 1.807) is 19.1 Å². The third kappa shape index (κ3) is 2.09. The zero-order valence-electron chi connectivity index (χ0n) is 9.47. The van der Waals surface area contributed by atoms with Crippen molar-refractivity contribution in [3.8, 4) is 0 Å². The first-order valence-electron chi connectivity index (χ1n) is 5.79. The largest absolute Gasteiger partial charge is 0.328 e. The summed E-state index contributed by atoms with van der Waals surface area (Å²) >= 11 is 0. The first kappa shape index (κ1) is 11.5.